The van der Waals surface area contributed by atoms with Gasteiger partial charge in [-0.1, -0.05) is 5.21 Å². The molecule has 0 bridgehead atoms. The molecule has 4 aromatic heterocycles. The predicted molar refractivity (Wildman–Crippen MR) is 117 cm³/mol. The van der Waals surface area contributed by atoms with Crippen LogP contribution in [0.3, 0.4) is 0 Å². The summed E-state index contributed by atoms with van der Waals surface area (Å²) in [6.45, 7) is 0. The Morgan fingerprint density at radius 1 is 0.972 bits per heavy atom. The van der Waals surface area contributed by atoms with Crippen molar-refractivity contribution >= 4 is 11.3 Å². The minimum absolute atomic E-state index is 0.0725. The van der Waals surface area contributed by atoms with E-state index in [0.717, 1.165) is 30.2 Å². The van der Waals surface area contributed by atoms with Gasteiger partial charge in [-0.3, -0.25) is 0 Å². The summed E-state index contributed by atoms with van der Waals surface area (Å²) < 4.78 is 68.5. The van der Waals surface area contributed by atoms with Gasteiger partial charge in [-0.2, -0.15) is 18.3 Å². The lowest BCUT2D eigenvalue weighted by Gasteiger charge is -2.05. The van der Waals surface area contributed by atoms with Crippen LogP contribution in [0.2, 0.25) is 0 Å². The minimum atomic E-state index is -4.65. The van der Waals surface area contributed by atoms with Crippen molar-refractivity contribution < 1.29 is 22.0 Å². The number of fused-ring (bicyclic) bond motifs is 1. The van der Waals surface area contributed by atoms with E-state index in [0.29, 0.717) is 41.6 Å². The molecule has 0 fully saturated rings. The molecule has 0 atom stereocenters. The van der Waals surface area contributed by atoms with Crippen molar-refractivity contribution in [3.8, 4) is 16.8 Å². The highest BCUT2D eigenvalue weighted by molar-refractivity contribution is 5.87. The van der Waals surface area contributed by atoms with Crippen molar-refractivity contribution in [3.05, 3.63) is 78.0 Å². The molecule has 1 aromatic carbocycles. The third kappa shape index (κ3) is 4.44. The zero-order valence-electron chi connectivity index (χ0n) is 18.3. The van der Waals surface area contributed by atoms with E-state index in [1.165, 1.54) is 17.1 Å². The zero-order valence-corrected chi connectivity index (χ0v) is 18.3. The summed E-state index contributed by atoms with van der Waals surface area (Å²) in [6, 6.07) is 4.91. The van der Waals surface area contributed by atoms with Crippen LogP contribution in [0.4, 0.5) is 27.8 Å². The molecule has 14 heteroatoms. The van der Waals surface area contributed by atoms with Crippen molar-refractivity contribution in [1.29, 1.82) is 0 Å². The molecule has 0 spiro atoms. The molecule has 0 radical (unpaired) electrons. The van der Waals surface area contributed by atoms with Gasteiger partial charge in [0.25, 0.3) is 0 Å². The van der Waals surface area contributed by atoms with E-state index >= 15 is 0 Å². The first-order chi connectivity index (χ1) is 17.2. The molecule has 0 aliphatic heterocycles. The van der Waals surface area contributed by atoms with Crippen molar-refractivity contribution in [2.75, 3.05) is 5.73 Å². The zero-order chi connectivity index (χ0) is 25.4. The van der Waals surface area contributed by atoms with Crippen LogP contribution in [0.5, 0.6) is 0 Å². The van der Waals surface area contributed by atoms with Gasteiger partial charge in [0.15, 0.2) is 11.6 Å². The van der Waals surface area contributed by atoms with Crippen molar-refractivity contribution in [1.82, 2.24) is 39.6 Å². The average Bonchev–Trinajstić information content (AvgIpc) is 3.45. The fraction of sp³-hybridized carbons (Fsp3) is 0.182. The molecule has 36 heavy (non-hydrogen) atoms. The summed E-state index contributed by atoms with van der Waals surface area (Å²) in [5.41, 5.74) is 8.68. The molecule has 5 rings (SSSR count). The molecule has 0 unspecified atom stereocenters. The number of nitrogen functional groups attached to an aromatic ring is 1. The van der Waals surface area contributed by atoms with Crippen LogP contribution < -0.4 is 5.73 Å². The smallest absolute Gasteiger partial charge is 0.382 e. The summed E-state index contributed by atoms with van der Waals surface area (Å²) in [4.78, 5) is 10.8. The summed E-state index contributed by atoms with van der Waals surface area (Å²) in [6.07, 6.45) is 1.90. The Morgan fingerprint density at radius 2 is 1.75 bits per heavy atom. The van der Waals surface area contributed by atoms with Gasteiger partial charge in [-0.05, 0) is 37.5 Å². The van der Waals surface area contributed by atoms with Gasteiger partial charge in [0.1, 0.15) is 23.3 Å². The molecule has 0 saturated carbocycles. The minimum Gasteiger partial charge on any atom is -0.382 e. The second-order valence-electron chi connectivity index (χ2n) is 7.85. The molecule has 0 saturated heterocycles. The molecule has 0 amide bonds. The maximum absolute atomic E-state index is 14.0. The maximum atomic E-state index is 14.0. The number of rotatable bonds is 6. The highest BCUT2D eigenvalue weighted by Crippen LogP contribution is 2.32. The fourth-order valence-electron chi connectivity index (χ4n) is 3.79. The standard InChI is InChI=1S/C22H16F5N9/c23-13-4-5-18(17(24)6-13)35-10-14(33-34-35)2-1-3-15-7-16(19-20(28)31-11-32-36(15)19)12-8-29-21(30-9-12)22(25,26)27/h4-11H,1-3H2,(H2,28,31,32). The molecule has 9 nitrogen and oxygen atoms in total. The van der Waals surface area contributed by atoms with E-state index in [1.54, 1.807) is 16.8 Å². The lowest BCUT2D eigenvalue weighted by molar-refractivity contribution is -0.144. The van der Waals surface area contributed by atoms with Gasteiger partial charge in [-0.15, -0.1) is 5.10 Å². The van der Waals surface area contributed by atoms with Gasteiger partial charge in [0.2, 0.25) is 5.82 Å². The first-order valence-corrected chi connectivity index (χ1v) is 10.6. The molecule has 5 aromatic rings. The molecule has 184 valence electrons. The third-order valence-electron chi connectivity index (χ3n) is 5.44. The van der Waals surface area contributed by atoms with Crippen LogP contribution in [0.25, 0.3) is 22.3 Å². The first kappa shape index (κ1) is 23.3. The number of aromatic nitrogens is 8. The van der Waals surface area contributed by atoms with E-state index in [9.17, 15) is 22.0 Å². The predicted octanol–water partition coefficient (Wildman–Crippen LogP) is 3.82. The molecule has 4 heterocycles. The van der Waals surface area contributed by atoms with Crippen molar-refractivity contribution in [2.24, 2.45) is 0 Å². The molecule has 0 aliphatic carbocycles. The van der Waals surface area contributed by atoms with Crippen LogP contribution in [0.1, 0.15) is 23.6 Å². The lowest BCUT2D eigenvalue weighted by Crippen LogP contribution is -2.10. The Bertz CT molecular complexity index is 1540. The van der Waals surface area contributed by atoms with E-state index in [2.05, 4.69) is 30.4 Å². The summed E-state index contributed by atoms with van der Waals surface area (Å²) >= 11 is 0. The normalized spacial score (nSPS) is 11.9. The number of halogens is 5. The van der Waals surface area contributed by atoms with Crippen LogP contribution >= 0.6 is 0 Å². The molecular weight excluding hydrogens is 485 g/mol. The number of benzene rings is 1. The Balaban J connectivity index is 1.36. The summed E-state index contributed by atoms with van der Waals surface area (Å²) in [5, 5.41) is 12.2. The average molecular weight is 501 g/mol. The SMILES string of the molecule is Nc1ncnn2c(CCCc3cn(-c4ccc(F)cc4F)nn3)cc(-c3cnc(C(F)(F)F)nc3)c12. The lowest BCUT2D eigenvalue weighted by atomic mass is 10.1. The van der Waals surface area contributed by atoms with Gasteiger partial charge in [-0.25, -0.2) is 32.9 Å². The summed E-state index contributed by atoms with van der Waals surface area (Å²) in [5.74, 6) is -2.55. The number of nitrogens with zero attached hydrogens (tertiary/aromatic N) is 8. The molecule has 0 aliphatic rings. The largest absolute Gasteiger partial charge is 0.451 e. The number of hydrogen-bond donors (Lipinski definition) is 1. The van der Waals surface area contributed by atoms with E-state index in [-0.39, 0.29) is 11.5 Å². The van der Waals surface area contributed by atoms with Gasteiger partial charge >= 0.3 is 6.18 Å². The number of alkyl halides is 3. The van der Waals surface area contributed by atoms with Crippen LogP contribution in [-0.4, -0.2) is 39.6 Å². The highest BCUT2D eigenvalue weighted by atomic mass is 19.4. The maximum Gasteiger partial charge on any atom is 0.451 e. The Morgan fingerprint density at radius 3 is 2.47 bits per heavy atom. The van der Waals surface area contributed by atoms with E-state index in [4.69, 9.17) is 5.73 Å². The Labute approximate surface area is 199 Å². The van der Waals surface area contributed by atoms with Gasteiger partial charge in [0.05, 0.1) is 11.9 Å². The van der Waals surface area contributed by atoms with E-state index in [1.807, 2.05) is 0 Å². The molecular formula is C22H16F5N9. The Hall–Kier alpha value is -4.49. The number of aryl methyl sites for hydroxylation is 2. The fourth-order valence-corrected chi connectivity index (χ4v) is 3.79. The van der Waals surface area contributed by atoms with Crippen molar-refractivity contribution in [3.63, 3.8) is 0 Å². The molecule has 2 N–H and O–H groups in total. The third-order valence-corrected chi connectivity index (χ3v) is 5.44. The number of anilines is 1. The van der Waals surface area contributed by atoms with Gasteiger partial charge < -0.3 is 5.73 Å². The quantitative estimate of drug-likeness (QED) is 0.352. The topological polar surface area (TPSA) is 113 Å². The van der Waals surface area contributed by atoms with Crippen LogP contribution in [0.15, 0.2) is 49.2 Å². The number of hydrogen-bond acceptors (Lipinski definition) is 7. The van der Waals surface area contributed by atoms with E-state index < -0.39 is 23.6 Å². The Kier molecular flexibility index (Phi) is 5.78. The van der Waals surface area contributed by atoms with Crippen LogP contribution in [-0.2, 0) is 19.0 Å². The van der Waals surface area contributed by atoms with Gasteiger partial charge in [0, 0.05) is 35.3 Å². The second kappa shape index (κ2) is 8.94. The van der Waals surface area contributed by atoms with Crippen molar-refractivity contribution in [2.45, 2.75) is 25.4 Å². The van der Waals surface area contributed by atoms with Crippen LogP contribution in [0, 0.1) is 11.6 Å². The monoisotopic (exact) mass is 501 g/mol. The highest BCUT2D eigenvalue weighted by Gasteiger charge is 2.34. The summed E-state index contributed by atoms with van der Waals surface area (Å²) in [7, 11) is 0. The number of nitrogens with two attached hydrogens (primary N) is 1. The second-order valence-corrected chi connectivity index (χ2v) is 7.85. The first-order valence-electron chi connectivity index (χ1n) is 10.6.